The van der Waals surface area contributed by atoms with Crippen molar-refractivity contribution >= 4 is 39.5 Å². The largest absolute Gasteiger partial charge is 0.490 e. The Morgan fingerprint density at radius 1 is 1.14 bits per heavy atom. The lowest BCUT2D eigenvalue weighted by molar-refractivity contribution is 0.217. The minimum absolute atomic E-state index is 0.429. The molecule has 0 saturated carbocycles. The minimum Gasteiger partial charge on any atom is -0.490 e. The molecule has 0 fully saturated rings. The van der Waals surface area contributed by atoms with Crippen LogP contribution in [0, 0.1) is 0 Å². The Balaban J connectivity index is 1.87. The molecule has 0 amide bonds. The van der Waals surface area contributed by atoms with Crippen molar-refractivity contribution in [1.82, 2.24) is 10.7 Å². The Labute approximate surface area is 187 Å². The molecule has 0 spiro atoms. The zero-order valence-electron chi connectivity index (χ0n) is 17.1. The molecule has 0 heterocycles. The van der Waals surface area contributed by atoms with E-state index in [-0.39, 0.29) is 0 Å². The van der Waals surface area contributed by atoms with E-state index in [9.17, 15) is 0 Å². The maximum absolute atomic E-state index is 5.88. The first-order valence-corrected chi connectivity index (χ1v) is 11.0. The summed E-state index contributed by atoms with van der Waals surface area (Å²) < 4.78 is 12.6. The molecule has 0 bridgehead atoms. The third kappa shape index (κ3) is 8.03. The molecule has 1 atom stereocenters. The Hall–Kier alpha value is -2.12. The lowest BCUT2D eigenvalue weighted by atomic mass is 9.99. The molecule has 156 valence electrons. The Morgan fingerprint density at radius 2 is 1.86 bits per heavy atom. The van der Waals surface area contributed by atoms with Crippen LogP contribution in [-0.4, -0.2) is 31.1 Å². The number of hydrazone groups is 1. The van der Waals surface area contributed by atoms with Gasteiger partial charge in [-0.25, -0.2) is 0 Å². The molecule has 2 N–H and O–H groups in total. The van der Waals surface area contributed by atoms with Crippen LogP contribution in [0.2, 0.25) is 0 Å². The van der Waals surface area contributed by atoms with E-state index in [0.29, 0.717) is 24.2 Å². The van der Waals surface area contributed by atoms with Crippen molar-refractivity contribution < 1.29 is 9.47 Å². The number of hydrogen-bond donors (Lipinski definition) is 2. The molecular formula is C22H28BrN3O2S. The van der Waals surface area contributed by atoms with Crippen molar-refractivity contribution in [3.05, 3.63) is 58.1 Å². The standard InChI is InChI=1S/C22H28BrN3O2S/c1-4-16(3)17-6-9-20(10-7-17)27-12-13-28-21-11-8-19(23)14-18(21)15-25-26-22(29)24-5-2/h6-11,14-16H,4-5,12-13H2,1-3H3,(H2,24,26,29)/t16-/m1/s1. The van der Waals surface area contributed by atoms with E-state index in [4.69, 9.17) is 21.7 Å². The summed E-state index contributed by atoms with van der Waals surface area (Å²) in [7, 11) is 0. The highest BCUT2D eigenvalue weighted by atomic mass is 79.9. The average Bonchev–Trinajstić information content (AvgIpc) is 2.72. The van der Waals surface area contributed by atoms with E-state index < -0.39 is 0 Å². The monoisotopic (exact) mass is 477 g/mol. The molecule has 0 aromatic heterocycles. The molecule has 0 unspecified atom stereocenters. The van der Waals surface area contributed by atoms with Gasteiger partial charge in [0.15, 0.2) is 5.11 Å². The van der Waals surface area contributed by atoms with Gasteiger partial charge in [-0.05, 0) is 67.4 Å². The second kappa shape index (κ2) is 12.4. The number of nitrogens with zero attached hydrogens (tertiary/aromatic N) is 1. The molecule has 0 radical (unpaired) electrons. The third-order valence-corrected chi connectivity index (χ3v) is 5.08. The van der Waals surface area contributed by atoms with Gasteiger partial charge in [-0.15, -0.1) is 0 Å². The summed E-state index contributed by atoms with van der Waals surface area (Å²) in [4.78, 5) is 0. The highest BCUT2D eigenvalue weighted by molar-refractivity contribution is 9.10. The van der Waals surface area contributed by atoms with Crippen LogP contribution in [0.1, 0.15) is 44.2 Å². The first-order valence-electron chi connectivity index (χ1n) is 9.75. The van der Waals surface area contributed by atoms with Crippen LogP contribution in [0.4, 0.5) is 0 Å². The van der Waals surface area contributed by atoms with Crippen molar-refractivity contribution in [3.63, 3.8) is 0 Å². The van der Waals surface area contributed by atoms with Crippen LogP contribution >= 0.6 is 28.1 Å². The maximum Gasteiger partial charge on any atom is 0.186 e. The predicted molar refractivity (Wildman–Crippen MR) is 127 cm³/mol. The van der Waals surface area contributed by atoms with Crippen LogP contribution in [0.15, 0.2) is 52.0 Å². The fourth-order valence-electron chi connectivity index (χ4n) is 2.55. The molecular weight excluding hydrogens is 450 g/mol. The highest BCUT2D eigenvalue weighted by Gasteiger charge is 2.05. The molecule has 2 aromatic rings. The van der Waals surface area contributed by atoms with Gasteiger partial charge in [0, 0.05) is 16.6 Å². The van der Waals surface area contributed by atoms with E-state index in [1.165, 1.54) is 5.56 Å². The summed E-state index contributed by atoms with van der Waals surface area (Å²) in [6.07, 6.45) is 2.81. The molecule has 5 nitrogen and oxygen atoms in total. The topological polar surface area (TPSA) is 54.9 Å². The van der Waals surface area contributed by atoms with Gasteiger partial charge in [0.05, 0.1) is 6.21 Å². The second-order valence-electron chi connectivity index (χ2n) is 6.49. The summed E-state index contributed by atoms with van der Waals surface area (Å²) >= 11 is 8.57. The molecule has 0 aliphatic carbocycles. The number of thiocarbonyl (C=S) groups is 1. The fourth-order valence-corrected chi connectivity index (χ4v) is 3.13. The van der Waals surface area contributed by atoms with Gasteiger partial charge >= 0.3 is 0 Å². The molecule has 2 rings (SSSR count). The minimum atomic E-state index is 0.429. The zero-order valence-corrected chi connectivity index (χ0v) is 19.5. The second-order valence-corrected chi connectivity index (χ2v) is 7.81. The summed E-state index contributed by atoms with van der Waals surface area (Å²) in [6.45, 7) is 8.02. The van der Waals surface area contributed by atoms with Gasteiger partial charge in [0.2, 0.25) is 0 Å². The molecule has 29 heavy (non-hydrogen) atoms. The van der Waals surface area contributed by atoms with Gasteiger partial charge in [0.25, 0.3) is 0 Å². The molecule has 2 aromatic carbocycles. The van der Waals surface area contributed by atoms with Crippen molar-refractivity contribution in [2.45, 2.75) is 33.1 Å². The summed E-state index contributed by atoms with van der Waals surface area (Å²) in [5.41, 5.74) is 4.95. The quantitative estimate of drug-likeness (QED) is 0.212. The normalized spacial score (nSPS) is 11.9. The summed E-state index contributed by atoms with van der Waals surface area (Å²) in [5, 5.41) is 7.61. The van der Waals surface area contributed by atoms with Crippen LogP contribution in [0.25, 0.3) is 0 Å². The number of benzene rings is 2. The Bertz CT molecular complexity index is 812. The van der Waals surface area contributed by atoms with Crippen LogP contribution in [-0.2, 0) is 0 Å². The Morgan fingerprint density at radius 3 is 2.55 bits per heavy atom. The van der Waals surface area contributed by atoms with E-state index in [2.05, 4.69) is 57.8 Å². The SMILES string of the molecule is CCNC(=S)NN=Cc1cc(Br)ccc1OCCOc1ccc([C@H](C)CC)cc1. The lowest BCUT2D eigenvalue weighted by Gasteiger charge is -2.12. The number of hydrogen-bond acceptors (Lipinski definition) is 4. The van der Waals surface area contributed by atoms with Crippen LogP contribution in [0.3, 0.4) is 0 Å². The maximum atomic E-state index is 5.88. The van der Waals surface area contributed by atoms with E-state index in [1.54, 1.807) is 6.21 Å². The van der Waals surface area contributed by atoms with Gasteiger partial charge in [-0.3, -0.25) is 5.43 Å². The van der Waals surface area contributed by atoms with Crippen LogP contribution in [0.5, 0.6) is 11.5 Å². The van der Waals surface area contributed by atoms with Crippen molar-refractivity contribution in [1.29, 1.82) is 0 Å². The van der Waals surface area contributed by atoms with Crippen molar-refractivity contribution in [2.24, 2.45) is 5.10 Å². The number of ether oxygens (including phenoxy) is 2. The van der Waals surface area contributed by atoms with Gasteiger partial charge in [-0.1, -0.05) is 41.9 Å². The third-order valence-electron chi connectivity index (χ3n) is 4.35. The molecule has 0 saturated heterocycles. The number of nitrogens with one attached hydrogen (secondary N) is 2. The highest BCUT2D eigenvalue weighted by Crippen LogP contribution is 2.23. The lowest BCUT2D eigenvalue weighted by Crippen LogP contribution is -2.31. The summed E-state index contributed by atoms with van der Waals surface area (Å²) in [6, 6.07) is 14.0. The van der Waals surface area contributed by atoms with Crippen LogP contribution < -0.4 is 20.2 Å². The van der Waals surface area contributed by atoms with Crippen molar-refractivity contribution in [2.75, 3.05) is 19.8 Å². The predicted octanol–water partition coefficient (Wildman–Crippen LogP) is 5.24. The first-order chi connectivity index (χ1) is 14.0. The van der Waals surface area contributed by atoms with E-state index in [1.807, 2.05) is 37.3 Å². The molecule has 0 aliphatic rings. The smallest absolute Gasteiger partial charge is 0.186 e. The fraction of sp³-hybridized carbons (Fsp3) is 0.364. The van der Waals surface area contributed by atoms with Gasteiger partial charge in [0.1, 0.15) is 24.7 Å². The number of halogens is 1. The van der Waals surface area contributed by atoms with Crippen molar-refractivity contribution in [3.8, 4) is 11.5 Å². The first kappa shape index (κ1) is 23.2. The average molecular weight is 478 g/mol. The van der Waals surface area contributed by atoms with Gasteiger partial charge in [-0.2, -0.15) is 5.10 Å². The van der Waals surface area contributed by atoms with Gasteiger partial charge < -0.3 is 14.8 Å². The Kier molecular flexibility index (Phi) is 9.94. The zero-order chi connectivity index (χ0) is 21.1. The molecule has 0 aliphatic heterocycles. The molecule has 7 heteroatoms. The van der Waals surface area contributed by atoms with E-state index >= 15 is 0 Å². The van der Waals surface area contributed by atoms with E-state index in [0.717, 1.165) is 34.5 Å². The summed E-state index contributed by atoms with van der Waals surface area (Å²) in [5.74, 6) is 2.13. The number of rotatable bonds is 10.